The predicted octanol–water partition coefficient (Wildman–Crippen LogP) is 8.57. The Morgan fingerprint density at radius 2 is 1.43 bits per heavy atom. The second kappa shape index (κ2) is 14.9. The minimum atomic E-state index is -0.580. The predicted molar refractivity (Wildman–Crippen MR) is 173 cm³/mol. The van der Waals surface area contributed by atoms with Crippen LogP contribution < -0.4 is 16.0 Å². The topological polar surface area (TPSA) is 87.3 Å². The van der Waals surface area contributed by atoms with Crippen LogP contribution in [-0.2, 0) is 9.59 Å². The van der Waals surface area contributed by atoms with E-state index in [4.69, 9.17) is 34.8 Å². The third-order valence-electron chi connectivity index (χ3n) is 5.94. The lowest BCUT2D eigenvalue weighted by Gasteiger charge is -2.16. The van der Waals surface area contributed by atoms with Gasteiger partial charge in [0.1, 0.15) is 5.70 Å². The van der Waals surface area contributed by atoms with Crippen molar-refractivity contribution in [1.29, 1.82) is 0 Å². The maximum atomic E-state index is 13.5. The maximum absolute atomic E-state index is 13.5. The number of thioether (sulfide) groups is 1. The number of benzene rings is 4. The van der Waals surface area contributed by atoms with Gasteiger partial charge in [0.05, 0.1) is 5.25 Å². The molecule has 0 heterocycles. The second-order valence-corrected chi connectivity index (χ2v) is 11.5. The number of anilines is 2. The minimum Gasteiger partial charge on any atom is -0.325 e. The Hall–Kier alpha value is -3.75. The van der Waals surface area contributed by atoms with Crippen molar-refractivity contribution in [2.24, 2.45) is 0 Å². The first-order valence-corrected chi connectivity index (χ1v) is 14.9. The van der Waals surface area contributed by atoms with Gasteiger partial charge in [-0.25, -0.2) is 0 Å². The van der Waals surface area contributed by atoms with Gasteiger partial charge in [-0.15, -0.1) is 11.8 Å². The fourth-order valence-corrected chi connectivity index (χ4v) is 5.57. The van der Waals surface area contributed by atoms with E-state index in [-0.39, 0.29) is 11.6 Å². The molecule has 10 heteroatoms. The van der Waals surface area contributed by atoms with Crippen LogP contribution in [0.25, 0.3) is 6.08 Å². The summed E-state index contributed by atoms with van der Waals surface area (Å²) in [7, 11) is 0. The number of halogens is 3. The summed E-state index contributed by atoms with van der Waals surface area (Å²) in [6.07, 6.45) is 2.01. The molecule has 42 heavy (non-hydrogen) atoms. The smallest absolute Gasteiger partial charge is 0.272 e. The molecule has 0 saturated carbocycles. The minimum absolute atomic E-state index is 0.0516. The summed E-state index contributed by atoms with van der Waals surface area (Å²) >= 11 is 20.1. The van der Waals surface area contributed by atoms with Gasteiger partial charge in [-0.3, -0.25) is 14.4 Å². The van der Waals surface area contributed by atoms with E-state index in [2.05, 4.69) is 16.0 Å². The number of rotatable bonds is 10. The van der Waals surface area contributed by atoms with Crippen molar-refractivity contribution in [2.75, 3.05) is 10.6 Å². The average molecular weight is 639 g/mol. The summed E-state index contributed by atoms with van der Waals surface area (Å²) in [6, 6.07) is 27.6. The molecule has 0 saturated heterocycles. The van der Waals surface area contributed by atoms with Crippen LogP contribution in [0.1, 0.15) is 29.3 Å². The van der Waals surface area contributed by atoms with E-state index in [0.717, 1.165) is 4.90 Å². The maximum Gasteiger partial charge on any atom is 0.272 e. The molecular weight excluding hydrogens is 613 g/mol. The van der Waals surface area contributed by atoms with E-state index >= 15 is 0 Å². The zero-order valence-corrected chi connectivity index (χ0v) is 25.5. The molecular formula is C32H26Cl3N3O3S. The summed E-state index contributed by atoms with van der Waals surface area (Å²) in [5.41, 5.74) is 1.80. The Bertz CT molecular complexity index is 1610. The van der Waals surface area contributed by atoms with Crippen molar-refractivity contribution in [3.05, 3.63) is 129 Å². The lowest BCUT2D eigenvalue weighted by Crippen LogP contribution is -2.30. The molecule has 4 aromatic rings. The Morgan fingerprint density at radius 3 is 2.10 bits per heavy atom. The molecule has 1 unspecified atom stereocenters. The Morgan fingerprint density at radius 1 is 0.786 bits per heavy atom. The fourth-order valence-electron chi connectivity index (χ4n) is 3.86. The fraction of sp³-hybridized carbons (Fsp3) is 0.0938. The Kier molecular flexibility index (Phi) is 11.1. The number of carbonyl (C=O) groups excluding carboxylic acids is 3. The van der Waals surface area contributed by atoms with E-state index in [1.807, 2.05) is 13.0 Å². The first-order chi connectivity index (χ1) is 20.2. The molecule has 0 aliphatic carbocycles. The third kappa shape index (κ3) is 8.63. The first-order valence-electron chi connectivity index (χ1n) is 12.9. The highest BCUT2D eigenvalue weighted by Gasteiger charge is 2.20. The number of carbonyl (C=O) groups is 3. The van der Waals surface area contributed by atoms with Gasteiger partial charge in [-0.05, 0) is 73.2 Å². The normalized spacial score (nSPS) is 11.9. The van der Waals surface area contributed by atoms with Crippen molar-refractivity contribution in [3.8, 4) is 0 Å². The molecule has 0 spiro atoms. The monoisotopic (exact) mass is 637 g/mol. The van der Waals surface area contributed by atoms with Crippen molar-refractivity contribution in [3.63, 3.8) is 0 Å². The summed E-state index contributed by atoms with van der Waals surface area (Å²) < 4.78 is 0. The SMILES string of the molecule is CCC(Sc1cccc(NC(=O)/C(=C\c2c(Cl)cccc2Cl)NC(=O)c2ccccc2)c1)C(=O)Nc1cccc(Cl)c1. The lowest BCUT2D eigenvalue weighted by molar-refractivity contribution is -0.116. The Balaban J connectivity index is 1.53. The van der Waals surface area contributed by atoms with Gasteiger partial charge in [-0.2, -0.15) is 0 Å². The lowest BCUT2D eigenvalue weighted by atomic mass is 10.1. The number of nitrogens with one attached hydrogen (secondary N) is 3. The summed E-state index contributed by atoms with van der Waals surface area (Å²) in [6.45, 7) is 1.92. The van der Waals surface area contributed by atoms with E-state index in [9.17, 15) is 14.4 Å². The summed E-state index contributed by atoms with van der Waals surface area (Å²) in [4.78, 5) is 40.1. The van der Waals surface area contributed by atoms with Crippen molar-refractivity contribution >= 4 is 81.7 Å². The van der Waals surface area contributed by atoms with Gasteiger partial charge in [0.15, 0.2) is 0 Å². The van der Waals surface area contributed by atoms with Crippen LogP contribution in [0.3, 0.4) is 0 Å². The Labute approximate surface area is 263 Å². The molecule has 0 aromatic heterocycles. The highest BCUT2D eigenvalue weighted by molar-refractivity contribution is 8.00. The van der Waals surface area contributed by atoms with Crippen LogP contribution in [-0.4, -0.2) is 23.0 Å². The first kappa shape index (κ1) is 31.2. The van der Waals surface area contributed by atoms with Crippen LogP contribution in [0, 0.1) is 0 Å². The van der Waals surface area contributed by atoms with Crippen molar-refractivity contribution in [1.82, 2.24) is 5.32 Å². The van der Waals surface area contributed by atoms with Crippen molar-refractivity contribution in [2.45, 2.75) is 23.5 Å². The van der Waals surface area contributed by atoms with Crippen LogP contribution in [0.5, 0.6) is 0 Å². The molecule has 0 bridgehead atoms. The van der Waals surface area contributed by atoms with E-state index in [1.165, 1.54) is 17.8 Å². The zero-order chi connectivity index (χ0) is 30.1. The van der Waals surface area contributed by atoms with Gasteiger partial charge in [0.25, 0.3) is 11.8 Å². The molecule has 0 aliphatic rings. The number of hydrogen-bond donors (Lipinski definition) is 3. The van der Waals surface area contributed by atoms with Gasteiger partial charge in [-0.1, -0.05) is 78.1 Å². The summed E-state index contributed by atoms with van der Waals surface area (Å²) in [5.74, 6) is -1.21. The summed E-state index contributed by atoms with van der Waals surface area (Å²) in [5, 5.41) is 9.19. The van der Waals surface area contributed by atoms with Gasteiger partial charge >= 0.3 is 0 Å². The molecule has 0 fully saturated rings. The quantitative estimate of drug-likeness (QED) is 0.120. The van der Waals surface area contributed by atoms with Crippen LogP contribution >= 0.6 is 46.6 Å². The highest BCUT2D eigenvalue weighted by atomic mass is 35.5. The second-order valence-electron chi connectivity index (χ2n) is 9.01. The van der Waals surface area contributed by atoms with E-state index < -0.39 is 17.1 Å². The average Bonchev–Trinajstić information content (AvgIpc) is 2.97. The van der Waals surface area contributed by atoms with Crippen LogP contribution in [0.15, 0.2) is 108 Å². The van der Waals surface area contributed by atoms with E-state index in [1.54, 1.807) is 91.0 Å². The standard InChI is InChI=1S/C32H26Cl3N3O3S/c1-2-29(32(41)37-22-12-6-11-21(33)17-22)42-24-14-7-13-23(18-24)36-31(40)28(19-25-26(34)15-8-16-27(25)35)38-30(39)20-9-4-3-5-10-20/h3-19,29H,2H2,1H3,(H,36,40)(H,37,41)(H,38,39)/b28-19+. The highest BCUT2D eigenvalue weighted by Crippen LogP contribution is 2.30. The van der Waals surface area contributed by atoms with E-state index in [0.29, 0.717) is 44.0 Å². The molecule has 3 amide bonds. The van der Waals surface area contributed by atoms with Crippen LogP contribution in [0.2, 0.25) is 15.1 Å². The number of amides is 3. The zero-order valence-electron chi connectivity index (χ0n) is 22.4. The number of hydrogen-bond acceptors (Lipinski definition) is 4. The molecule has 4 rings (SSSR count). The molecule has 214 valence electrons. The molecule has 3 N–H and O–H groups in total. The van der Waals surface area contributed by atoms with Crippen molar-refractivity contribution < 1.29 is 14.4 Å². The molecule has 6 nitrogen and oxygen atoms in total. The van der Waals surface area contributed by atoms with Gasteiger partial charge in [0.2, 0.25) is 5.91 Å². The third-order valence-corrected chi connectivity index (χ3v) is 8.20. The van der Waals surface area contributed by atoms with Crippen LogP contribution in [0.4, 0.5) is 11.4 Å². The van der Waals surface area contributed by atoms with Gasteiger partial charge in [0, 0.05) is 42.5 Å². The molecule has 0 aliphatic heterocycles. The molecule has 4 aromatic carbocycles. The molecule has 0 radical (unpaired) electrons. The molecule has 1 atom stereocenters. The van der Waals surface area contributed by atoms with Gasteiger partial charge < -0.3 is 16.0 Å². The largest absolute Gasteiger partial charge is 0.325 e.